The van der Waals surface area contributed by atoms with E-state index in [4.69, 9.17) is 4.74 Å². The van der Waals surface area contributed by atoms with Crippen LogP contribution in [0.2, 0.25) is 0 Å². The van der Waals surface area contributed by atoms with Crippen molar-refractivity contribution in [2.75, 3.05) is 33.3 Å². The molecule has 0 saturated carbocycles. The number of nitrogens with zero attached hydrogens (tertiary/aromatic N) is 2. The summed E-state index contributed by atoms with van der Waals surface area (Å²) in [6.07, 6.45) is 4.28. The highest BCUT2D eigenvalue weighted by Crippen LogP contribution is 2.40. The van der Waals surface area contributed by atoms with Crippen LogP contribution in [-0.4, -0.2) is 49.0 Å². The molecule has 0 radical (unpaired) electrons. The van der Waals surface area contributed by atoms with E-state index in [1.807, 2.05) is 12.1 Å². The van der Waals surface area contributed by atoms with Crippen molar-refractivity contribution in [1.29, 1.82) is 0 Å². The molecule has 0 N–H and O–H groups in total. The molecule has 2 aliphatic heterocycles. The summed E-state index contributed by atoms with van der Waals surface area (Å²) in [4.78, 5) is 17.2. The maximum absolute atomic E-state index is 12.5. The monoisotopic (exact) mass is 344 g/mol. The van der Waals surface area contributed by atoms with Gasteiger partial charge in [0.25, 0.3) is 0 Å². The summed E-state index contributed by atoms with van der Waals surface area (Å²) in [6, 6.07) is 8.29. The molecule has 1 amide bonds. The Hall–Kier alpha value is -1.55. The molecule has 2 heterocycles. The van der Waals surface area contributed by atoms with Gasteiger partial charge in [-0.05, 0) is 37.8 Å². The first-order chi connectivity index (χ1) is 12.0. The standard InChI is InChI=1S/C21H32N2O2/c1-17(2)13-20(24)23-11-6-9-21(16-23)10-12-22(15-21)14-18-7-4-5-8-19(18)25-3/h4-5,7-8,17H,6,9-16H2,1-3H3. The second-order valence-electron chi connectivity index (χ2n) is 8.29. The number of carbonyl (C=O) groups is 1. The number of piperidine rings is 1. The third kappa shape index (κ3) is 4.35. The van der Waals surface area contributed by atoms with Gasteiger partial charge in [-0.3, -0.25) is 9.69 Å². The van der Waals surface area contributed by atoms with Crippen molar-refractivity contribution < 1.29 is 9.53 Å². The SMILES string of the molecule is COc1ccccc1CN1CCC2(CCCN(C(=O)CC(C)C)C2)C1. The average Bonchev–Trinajstić information content (AvgIpc) is 2.96. The summed E-state index contributed by atoms with van der Waals surface area (Å²) in [5.41, 5.74) is 1.55. The van der Waals surface area contributed by atoms with E-state index in [1.54, 1.807) is 7.11 Å². The fourth-order valence-corrected chi connectivity index (χ4v) is 4.47. The number of hydrogen-bond acceptors (Lipinski definition) is 3. The molecule has 138 valence electrons. The summed E-state index contributed by atoms with van der Waals surface area (Å²) in [5, 5.41) is 0. The number of ether oxygens (including phenoxy) is 1. The van der Waals surface area contributed by atoms with Gasteiger partial charge in [0.05, 0.1) is 7.11 Å². The number of para-hydroxylation sites is 1. The summed E-state index contributed by atoms with van der Waals surface area (Å²) >= 11 is 0. The van der Waals surface area contributed by atoms with Gasteiger partial charge in [-0.2, -0.15) is 0 Å². The van der Waals surface area contributed by atoms with Crippen LogP contribution in [0.4, 0.5) is 0 Å². The molecule has 0 bridgehead atoms. The summed E-state index contributed by atoms with van der Waals surface area (Å²) in [6.45, 7) is 9.29. The fraction of sp³-hybridized carbons (Fsp3) is 0.667. The zero-order valence-corrected chi connectivity index (χ0v) is 16.0. The third-order valence-corrected chi connectivity index (χ3v) is 5.70. The summed E-state index contributed by atoms with van der Waals surface area (Å²) in [7, 11) is 1.74. The molecule has 2 aliphatic rings. The van der Waals surface area contributed by atoms with Crippen LogP contribution in [-0.2, 0) is 11.3 Å². The number of benzene rings is 1. The van der Waals surface area contributed by atoms with Crippen molar-refractivity contribution in [2.45, 2.75) is 46.1 Å². The van der Waals surface area contributed by atoms with Gasteiger partial charge in [0.2, 0.25) is 5.91 Å². The van der Waals surface area contributed by atoms with Crippen molar-refractivity contribution in [3.63, 3.8) is 0 Å². The maximum Gasteiger partial charge on any atom is 0.222 e. The lowest BCUT2D eigenvalue weighted by Crippen LogP contribution is -2.47. The quantitative estimate of drug-likeness (QED) is 0.819. The van der Waals surface area contributed by atoms with E-state index >= 15 is 0 Å². The molecule has 2 fully saturated rings. The number of rotatable bonds is 5. The second kappa shape index (κ2) is 7.77. The molecule has 25 heavy (non-hydrogen) atoms. The molecule has 1 atom stereocenters. The van der Waals surface area contributed by atoms with Crippen LogP contribution in [0.5, 0.6) is 5.75 Å². The van der Waals surface area contributed by atoms with Gasteiger partial charge in [-0.25, -0.2) is 0 Å². The van der Waals surface area contributed by atoms with Crippen LogP contribution < -0.4 is 4.74 Å². The number of carbonyl (C=O) groups excluding carboxylic acids is 1. The lowest BCUT2D eigenvalue weighted by Gasteiger charge is -2.41. The smallest absolute Gasteiger partial charge is 0.222 e. The first-order valence-corrected chi connectivity index (χ1v) is 9.63. The van der Waals surface area contributed by atoms with Crippen molar-refractivity contribution in [3.8, 4) is 5.75 Å². The predicted octanol–water partition coefficient (Wildman–Crippen LogP) is 3.56. The zero-order chi connectivity index (χ0) is 17.9. The Kier molecular flexibility index (Phi) is 5.67. The largest absolute Gasteiger partial charge is 0.496 e. The average molecular weight is 344 g/mol. The van der Waals surface area contributed by atoms with Crippen molar-refractivity contribution in [2.24, 2.45) is 11.3 Å². The predicted molar refractivity (Wildman–Crippen MR) is 101 cm³/mol. The summed E-state index contributed by atoms with van der Waals surface area (Å²) < 4.78 is 5.50. The highest BCUT2D eigenvalue weighted by atomic mass is 16.5. The number of amides is 1. The Morgan fingerprint density at radius 2 is 2.00 bits per heavy atom. The molecular formula is C21H32N2O2. The molecule has 0 aromatic heterocycles. The Morgan fingerprint density at radius 1 is 1.20 bits per heavy atom. The Labute approximate surface area is 152 Å². The first kappa shape index (κ1) is 18.2. The Morgan fingerprint density at radius 3 is 2.76 bits per heavy atom. The number of likely N-dealkylation sites (tertiary alicyclic amines) is 2. The van der Waals surface area contributed by atoms with Crippen LogP contribution in [0.25, 0.3) is 0 Å². The normalized spacial score (nSPS) is 24.2. The molecule has 1 spiro atoms. The van der Waals surface area contributed by atoms with E-state index < -0.39 is 0 Å². The van der Waals surface area contributed by atoms with Crippen LogP contribution in [0.15, 0.2) is 24.3 Å². The van der Waals surface area contributed by atoms with Gasteiger partial charge in [0, 0.05) is 43.6 Å². The maximum atomic E-state index is 12.5. The van der Waals surface area contributed by atoms with Gasteiger partial charge < -0.3 is 9.64 Å². The van der Waals surface area contributed by atoms with Gasteiger partial charge in [0.1, 0.15) is 5.75 Å². The minimum atomic E-state index is 0.299. The van der Waals surface area contributed by atoms with E-state index in [1.165, 1.54) is 18.4 Å². The Balaban J connectivity index is 1.62. The first-order valence-electron chi connectivity index (χ1n) is 9.63. The molecule has 1 unspecified atom stereocenters. The second-order valence-corrected chi connectivity index (χ2v) is 8.29. The van der Waals surface area contributed by atoms with E-state index in [-0.39, 0.29) is 0 Å². The van der Waals surface area contributed by atoms with Gasteiger partial charge in [-0.15, -0.1) is 0 Å². The van der Waals surface area contributed by atoms with Crippen molar-refractivity contribution in [3.05, 3.63) is 29.8 Å². The van der Waals surface area contributed by atoms with Gasteiger partial charge >= 0.3 is 0 Å². The molecule has 1 aromatic carbocycles. The molecule has 4 nitrogen and oxygen atoms in total. The van der Waals surface area contributed by atoms with E-state index in [2.05, 4.69) is 35.8 Å². The molecule has 1 aromatic rings. The van der Waals surface area contributed by atoms with Crippen LogP contribution in [0.1, 0.15) is 45.1 Å². The lowest BCUT2D eigenvalue weighted by atomic mass is 9.79. The third-order valence-electron chi connectivity index (χ3n) is 5.70. The minimum absolute atomic E-state index is 0.299. The lowest BCUT2D eigenvalue weighted by molar-refractivity contribution is -0.135. The van der Waals surface area contributed by atoms with Crippen LogP contribution in [0.3, 0.4) is 0 Å². The molecule has 0 aliphatic carbocycles. The fourth-order valence-electron chi connectivity index (χ4n) is 4.47. The molecule has 2 saturated heterocycles. The Bertz CT molecular complexity index is 601. The van der Waals surface area contributed by atoms with Crippen molar-refractivity contribution in [1.82, 2.24) is 9.80 Å². The highest BCUT2D eigenvalue weighted by molar-refractivity contribution is 5.76. The number of methoxy groups -OCH3 is 1. The van der Waals surface area contributed by atoms with Gasteiger partial charge in [-0.1, -0.05) is 32.0 Å². The minimum Gasteiger partial charge on any atom is -0.496 e. The van der Waals surface area contributed by atoms with Crippen LogP contribution >= 0.6 is 0 Å². The topological polar surface area (TPSA) is 32.8 Å². The zero-order valence-electron chi connectivity index (χ0n) is 16.0. The van der Waals surface area contributed by atoms with Crippen LogP contribution in [0, 0.1) is 11.3 Å². The molecular weight excluding hydrogens is 312 g/mol. The van der Waals surface area contributed by atoms with E-state index in [0.29, 0.717) is 23.7 Å². The van der Waals surface area contributed by atoms with E-state index in [9.17, 15) is 4.79 Å². The molecule has 4 heteroatoms. The van der Waals surface area contributed by atoms with Crippen molar-refractivity contribution >= 4 is 5.91 Å². The highest BCUT2D eigenvalue weighted by Gasteiger charge is 2.42. The van der Waals surface area contributed by atoms with E-state index in [0.717, 1.165) is 44.9 Å². The molecule has 3 rings (SSSR count). The summed E-state index contributed by atoms with van der Waals surface area (Å²) in [5.74, 6) is 1.76. The number of hydrogen-bond donors (Lipinski definition) is 0. The van der Waals surface area contributed by atoms with Gasteiger partial charge in [0.15, 0.2) is 0 Å².